The standard InChI is InChI=1S/C17H21NO3.C8H10.C2H6.CH4O/c1-19-15-8-5-9-16(10-15)20-11-14-12-21-17(18-14)13-6-3-2-4-7-13;1-7-5-3-4-6-8(7)2;2*1-2/h2-4,6-7,12,15-16H,5,8-11H2,1H3;3-6H,1-2H3;1-2H3;2H,1H3/t15-,16+;;;/m0.../s1. The molecule has 2 atom stereocenters. The molecular formula is C28H41NO4. The van der Waals surface area contributed by atoms with Crippen LogP contribution in [0, 0.1) is 13.8 Å². The van der Waals surface area contributed by atoms with Gasteiger partial charge in [0.2, 0.25) is 5.89 Å². The van der Waals surface area contributed by atoms with Gasteiger partial charge in [-0.3, -0.25) is 0 Å². The fourth-order valence-corrected chi connectivity index (χ4v) is 3.42. The molecule has 1 N–H and O–H groups in total. The van der Waals surface area contributed by atoms with E-state index in [9.17, 15) is 0 Å². The number of aryl methyl sites for hydroxylation is 2. The SMILES string of the molecule is CC.CO.CO[C@H]1CCC[C@@H](OCc2coc(-c3ccccc3)n2)C1.Cc1ccccc1C. The molecule has 1 aliphatic rings. The lowest BCUT2D eigenvalue weighted by atomic mass is 9.95. The molecule has 1 aromatic heterocycles. The third-order valence-corrected chi connectivity index (χ3v) is 5.38. The number of aromatic nitrogens is 1. The summed E-state index contributed by atoms with van der Waals surface area (Å²) in [4.78, 5) is 4.48. The summed E-state index contributed by atoms with van der Waals surface area (Å²) in [7, 11) is 2.77. The maximum absolute atomic E-state index is 7.00. The Balaban J connectivity index is 0.000000380. The highest BCUT2D eigenvalue weighted by Gasteiger charge is 2.22. The largest absolute Gasteiger partial charge is 0.444 e. The maximum atomic E-state index is 7.00. The van der Waals surface area contributed by atoms with E-state index in [1.54, 1.807) is 13.4 Å². The van der Waals surface area contributed by atoms with E-state index >= 15 is 0 Å². The van der Waals surface area contributed by atoms with E-state index < -0.39 is 0 Å². The highest BCUT2D eigenvalue weighted by Crippen LogP contribution is 2.24. The van der Waals surface area contributed by atoms with Gasteiger partial charge >= 0.3 is 0 Å². The summed E-state index contributed by atoms with van der Waals surface area (Å²) in [5.41, 5.74) is 4.56. The van der Waals surface area contributed by atoms with Gasteiger partial charge in [-0.25, -0.2) is 4.98 Å². The van der Waals surface area contributed by atoms with E-state index in [-0.39, 0.29) is 6.10 Å². The minimum Gasteiger partial charge on any atom is -0.444 e. The first-order valence-electron chi connectivity index (χ1n) is 11.8. The van der Waals surface area contributed by atoms with Gasteiger partial charge in [0, 0.05) is 19.8 Å². The molecule has 0 saturated heterocycles. The second-order valence-corrected chi connectivity index (χ2v) is 7.55. The summed E-state index contributed by atoms with van der Waals surface area (Å²) in [6.07, 6.45) is 6.65. The Morgan fingerprint density at radius 3 is 2.06 bits per heavy atom. The zero-order valence-electron chi connectivity index (χ0n) is 21.1. The van der Waals surface area contributed by atoms with Crippen LogP contribution in [-0.4, -0.2) is 36.5 Å². The summed E-state index contributed by atoms with van der Waals surface area (Å²) in [5, 5.41) is 7.00. The van der Waals surface area contributed by atoms with Gasteiger partial charge in [-0.2, -0.15) is 0 Å². The van der Waals surface area contributed by atoms with E-state index in [0.717, 1.165) is 44.1 Å². The topological polar surface area (TPSA) is 64.7 Å². The Morgan fingerprint density at radius 2 is 1.48 bits per heavy atom. The van der Waals surface area contributed by atoms with Crippen molar-refractivity contribution in [3.05, 3.63) is 77.7 Å². The van der Waals surface area contributed by atoms with Crippen molar-refractivity contribution in [1.82, 2.24) is 4.98 Å². The monoisotopic (exact) mass is 455 g/mol. The molecule has 3 aromatic rings. The minimum atomic E-state index is 0.264. The van der Waals surface area contributed by atoms with E-state index in [1.165, 1.54) is 11.1 Å². The van der Waals surface area contributed by atoms with Crippen molar-refractivity contribution in [2.24, 2.45) is 0 Å². The molecule has 0 radical (unpaired) electrons. The van der Waals surface area contributed by atoms with E-state index in [2.05, 4.69) is 43.1 Å². The van der Waals surface area contributed by atoms with Crippen LogP contribution in [0.2, 0.25) is 0 Å². The zero-order chi connectivity index (χ0) is 24.5. The molecule has 0 unspecified atom stereocenters. The van der Waals surface area contributed by atoms with Crippen LogP contribution < -0.4 is 0 Å². The van der Waals surface area contributed by atoms with Crippen molar-refractivity contribution < 1.29 is 19.0 Å². The third-order valence-electron chi connectivity index (χ3n) is 5.38. The predicted octanol–water partition coefficient (Wildman–Crippen LogP) is 6.75. The Hall–Kier alpha value is -2.47. The van der Waals surface area contributed by atoms with Gasteiger partial charge in [-0.05, 0) is 62.8 Å². The first kappa shape index (κ1) is 28.6. The predicted molar refractivity (Wildman–Crippen MR) is 135 cm³/mol. The van der Waals surface area contributed by atoms with Gasteiger partial charge in [-0.15, -0.1) is 0 Å². The molecular weight excluding hydrogens is 414 g/mol. The molecule has 2 aromatic carbocycles. The molecule has 0 spiro atoms. The summed E-state index contributed by atoms with van der Waals surface area (Å²) < 4.78 is 16.9. The fraction of sp³-hybridized carbons (Fsp3) is 0.464. The minimum absolute atomic E-state index is 0.264. The fourth-order valence-electron chi connectivity index (χ4n) is 3.42. The van der Waals surface area contributed by atoms with Crippen LogP contribution in [-0.2, 0) is 16.1 Å². The van der Waals surface area contributed by atoms with Crippen molar-refractivity contribution >= 4 is 0 Å². The molecule has 0 aliphatic heterocycles. The molecule has 1 fully saturated rings. The molecule has 4 rings (SSSR count). The van der Waals surface area contributed by atoms with Crippen LogP contribution in [0.4, 0.5) is 0 Å². The van der Waals surface area contributed by atoms with Gasteiger partial charge < -0.3 is 19.0 Å². The number of nitrogens with zero attached hydrogens (tertiary/aromatic N) is 1. The summed E-state index contributed by atoms with van der Waals surface area (Å²) in [5.74, 6) is 0.646. The number of oxazole rings is 1. The number of hydrogen-bond donors (Lipinski definition) is 1. The van der Waals surface area contributed by atoms with E-state index in [1.807, 2.05) is 44.2 Å². The summed E-state index contributed by atoms with van der Waals surface area (Å²) in [6, 6.07) is 18.3. The van der Waals surface area contributed by atoms with Crippen molar-refractivity contribution in [2.45, 2.75) is 72.2 Å². The quantitative estimate of drug-likeness (QED) is 0.461. The van der Waals surface area contributed by atoms with Gasteiger partial charge in [-0.1, -0.05) is 56.3 Å². The van der Waals surface area contributed by atoms with Crippen molar-refractivity contribution in [3.8, 4) is 11.5 Å². The Bertz CT molecular complexity index is 842. The molecule has 182 valence electrons. The molecule has 5 heteroatoms. The second-order valence-electron chi connectivity index (χ2n) is 7.55. The van der Waals surface area contributed by atoms with Gasteiger partial charge in [0.15, 0.2) is 0 Å². The molecule has 1 heterocycles. The average molecular weight is 456 g/mol. The molecule has 1 saturated carbocycles. The lowest BCUT2D eigenvalue weighted by molar-refractivity contribution is -0.0372. The number of benzene rings is 2. The van der Waals surface area contributed by atoms with Gasteiger partial charge in [0.25, 0.3) is 0 Å². The highest BCUT2D eigenvalue weighted by molar-refractivity contribution is 5.52. The van der Waals surface area contributed by atoms with Crippen LogP contribution in [0.1, 0.15) is 56.4 Å². The van der Waals surface area contributed by atoms with E-state index in [4.69, 9.17) is 19.0 Å². The molecule has 5 nitrogen and oxygen atoms in total. The van der Waals surface area contributed by atoms with Crippen molar-refractivity contribution in [1.29, 1.82) is 0 Å². The summed E-state index contributed by atoms with van der Waals surface area (Å²) in [6.45, 7) is 8.74. The third kappa shape index (κ3) is 10.3. The smallest absolute Gasteiger partial charge is 0.226 e. The van der Waals surface area contributed by atoms with Crippen LogP contribution >= 0.6 is 0 Å². The second kappa shape index (κ2) is 17.1. The Morgan fingerprint density at radius 1 is 0.909 bits per heavy atom. The maximum Gasteiger partial charge on any atom is 0.226 e. The first-order chi connectivity index (χ1) is 16.2. The van der Waals surface area contributed by atoms with Crippen LogP contribution in [0.3, 0.4) is 0 Å². The summed E-state index contributed by atoms with van der Waals surface area (Å²) >= 11 is 0. The van der Waals surface area contributed by atoms with Crippen molar-refractivity contribution in [3.63, 3.8) is 0 Å². The van der Waals surface area contributed by atoms with E-state index in [0.29, 0.717) is 18.6 Å². The number of aliphatic hydroxyl groups excluding tert-OH is 1. The average Bonchev–Trinajstić information content (AvgIpc) is 3.37. The molecule has 1 aliphatic carbocycles. The lowest BCUT2D eigenvalue weighted by Gasteiger charge is -2.27. The number of hydrogen-bond acceptors (Lipinski definition) is 5. The van der Waals surface area contributed by atoms with Gasteiger partial charge in [0.05, 0.1) is 18.8 Å². The number of methoxy groups -OCH3 is 1. The van der Waals surface area contributed by atoms with Crippen LogP contribution in [0.25, 0.3) is 11.5 Å². The zero-order valence-corrected chi connectivity index (χ0v) is 21.1. The van der Waals surface area contributed by atoms with Gasteiger partial charge in [0.1, 0.15) is 12.0 Å². The highest BCUT2D eigenvalue weighted by atomic mass is 16.5. The van der Waals surface area contributed by atoms with Crippen molar-refractivity contribution in [2.75, 3.05) is 14.2 Å². The Kier molecular flexibility index (Phi) is 14.8. The molecule has 0 bridgehead atoms. The lowest BCUT2D eigenvalue weighted by Crippen LogP contribution is -2.27. The first-order valence-corrected chi connectivity index (χ1v) is 11.8. The Labute approximate surface area is 199 Å². The molecule has 33 heavy (non-hydrogen) atoms. The normalized spacial score (nSPS) is 16.8. The van der Waals surface area contributed by atoms with Crippen LogP contribution in [0.15, 0.2) is 65.3 Å². The van der Waals surface area contributed by atoms with Crippen LogP contribution in [0.5, 0.6) is 0 Å². The number of aliphatic hydroxyl groups is 1. The number of ether oxygens (including phenoxy) is 2. The molecule has 0 amide bonds. The number of rotatable bonds is 5.